The Morgan fingerprint density at radius 3 is 2.58 bits per heavy atom. The van der Waals surface area contributed by atoms with Gasteiger partial charge in [0.25, 0.3) is 5.91 Å². The van der Waals surface area contributed by atoms with Crippen molar-refractivity contribution in [1.29, 1.82) is 0 Å². The maximum absolute atomic E-state index is 13.6. The summed E-state index contributed by atoms with van der Waals surface area (Å²) in [6, 6.07) is 18.0. The highest BCUT2D eigenvalue weighted by Gasteiger charge is 2.42. The van der Waals surface area contributed by atoms with E-state index < -0.39 is 6.04 Å². The summed E-state index contributed by atoms with van der Waals surface area (Å²) in [6.07, 6.45) is 0. The molecule has 6 heteroatoms. The number of carbonyl (C=O) groups excluding carboxylic acids is 1. The van der Waals surface area contributed by atoms with E-state index >= 15 is 0 Å². The summed E-state index contributed by atoms with van der Waals surface area (Å²) in [7, 11) is 0. The Morgan fingerprint density at radius 2 is 1.82 bits per heavy atom. The Hall–Kier alpha value is -3.93. The highest BCUT2D eigenvalue weighted by atomic mass is 19.1. The van der Waals surface area contributed by atoms with Gasteiger partial charge in [-0.3, -0.25) is 9.59 Å². The van der Waals surface area contributed by atoms with E-state index in [4.69, 9.17) is 9.15 Å². The van der Waals surface area contributed by atoms with Crippen LogP contribution in [0.25, 0.3) is 11.0 Å². The number of hydrogen-bond donors (Lipinski definition) is 0. The first-order chi connectivity index (χ1) is 16.0. The normalized spacial score (nSPS) is 15.2. The Balaban J connectivity index is 1.71. The number of aryl methyl sites for hydroxylation is 1. The van der Waals surface area contributed by atoms with Crippen molar-refractivity contribution in [2.75, 3.05) is 6.61 Å². The van der Waals surface area contributed by atoms with Crippen molar-refractivity contribution < 1.29 is 18.3 Å². The van der Waals surface area contributed by atoms with E-state index in [-0.39, 0.29) is 29.5 Å². The zero-order valence-electron chi connectivity index (χ0n) is 18.3. The lowest BCUT2D eigenvalue weighted by Gasteiger charge is -2.25. The molecule has 0 saturated heterocycles. The second kappa shape index (κ2) is 8.20. The molecule has 3 aromatic carbocycles. The number of hydrogen-bond acceptors (Lipinski definition) is 4. The van der Waals surface area contributed by atoms with Gasteiger partial charge in [-0.05, 0) is 61.4 Å². The second-order valence-corrected chi connectivity index (χ2v) is 8.14. The first-order valence-corrected chi connectivity index (χ1v) is 10.8. The number of benzene rings is 3. The van der Waals surface area contributed by atoms with E-state index in [0.717, 1.165) is 16.7 Å². The average Bonchev–Trinajstić information content (AvgIpc) is 3.08. The minimum absolute atomic E-state index is 0.0466. The molecule has 1 aliphatic heterocycles. The molecule has 1 aromatic heterocycles. The molecular weight excluding hydrogens is 421 g/mol. The number of ether oxygens (including phenoxy) is 1. The highest BCUT2D eigenvalue weighted by Crippen LogP contribution is 2.40. The van der Waals surface area contributed by atoms with Crippen LogP contribution in [-0.2, 0) is 6.54 Å². The van der Waals surface area contributed by atoms with Crippen molar-refractivity contribution in [3.05, 3.63) is 111 Å². The van der Waals surface area contributed by atoms with Gasteiger partial charge in [-0.2, -0.15) is 0 Å². The van der Waals surface area contributed by atoms with Gasteiger partial charge in [0.15, 0.2) is 5.43 Å². The minimum atomic E-state index is -0.654. The number of halogens is 1. The molecule has 0 saturated carbocycles. The molecule has 4 aromatic rings. The predicted molar refractivity (Wildman–Crippen MR) is 123 cm³/mol. The summed E-state index contributed by atoms with van der Waals surface area (Å²) in [5, 5.41) is 0.441. The van der Waals surface area contributed by atoms with Gasteiger partial charge in [0.1, 0.15) is 17.1 Å². The first-order valence-electron chi connectivity index (χ1n) is 10.8. The van der Waals surface area contributed by atoms with Gasteiger partial charge >= 0.3 is 0 Å². The molecule has 0 bridgehead atoms. The maximum Gasteiger partial charge on any atom is 0.291 e. The lowest BCUT2D eigenvalue weighted by atomic mass is 9.97. The highest BCUT2D eigenvalue weighted by molar-refractivity contribution is 5.99. The molecule has 0 fully saturated rings. The average molecular weight is 443 g/mol. The fourth-order valence-electron chi connectivity index (χ4n) is 4.37. The smallest absolute Gasteiger partial charge is 0.291 e. The van der Waals surface area contributed by atoms with Crippen LogP contribution < -0.4 is 10.2 Å². The minimum Gasteiger partial charge on any atom is -0.494 e. The van der Waals surface area contributed by atoms with E-state index in [1.54, 1.807) is 29.2 Å². The molecule has 2 heterocycles. The lowest BCUT2D eigenvalue weighted by molar-refractivity contribution is 0.0714. The lowest BCUT2D eigenvalue weighted by Crippen LogP contribution is -2.29. The van der Waals surface area contributed by atoms with Crippen molar-refractivity contribution in [3.63, 3.8) is 0 Å². The predicted octanol–water partition coefficient (Wildman–Crippen LogP) is 5.38. The quantitative estimate of drug-likeness (QED) is 0.415. The summed E-state index contributed by atoms with van der Waals surface area (Å²) in [5.41, 5.74) is 2.89. The van der Waals surface area contributed by atoms with Gasteiger partial charge in [-0.1, -0.05) is 35.9 Å². The molecule has 1 amide bonds. The fourth-order valence-corrected chi connectivity index (χ4v) is 4.37. The Labute approximate surface area is 190 Å². The van der Waals surface area contributed by atoms with E-state index in [9.17, 15) is 14.0 Å². The summed E-state index contributed by atoms with van der Waals surface area (Å²) in [4.78, 5) is 28.7. The van der Waals surface area contributed by atoms with Crippen LogP contribution in [-0.4, -0.2) is 17.4 Å². The number of nitrogens with zero attached hydrogens (tertiary/aromatic N) is 1. The number of fused-ring (bicyclic) bond motifs is 2. The van der Waals surface area contributed by atoms with E-state index in [1.165, 1.54) is 12.1 Å². The van der Waals surface area contributed by atoms with Crippen molar-refractivity contribution in [3.8, 4) is 5.75 Å². The van der Waals surface area contributed by atoms with E-state index in [1.807, 2.05) is 44.2 Å². The third-order valence-electron chi connectivity index (χ3n) is 5.87. The molecule has 1 aliphatic rings. The first kappa shape index (κ1) is 20.9. The largest absolute Gasteiger partial charge is 0.494 e. The Bertz CT molecular complexity index is 1420. The molecule has 0 radical (unpaired) electrons. The topological polar surface area (TPSA) is 59.8 Å². The zero-order valence-corrected chi connectivity index (χ0v) is 18.3. The number of rotatable bonds is 5. The van der Waals surface area contributed by atoms with Gasteiger partial charge in [0.2, 0.25) is 5.76 Å². The van der Waals surface area contributed by atoms with Gasteiger partial charge in [0.05, 0.1) is 23.6 Å². The summed E-state index contributed by atoms with van der Waals surface area (Å²) >= 11 is 0. The van der Waals surface area contributed by atoms with Crippen LogP contribution in [0.3, 0.4) is 0 Å². The summed E-state index contributed by atoms with van der Waals surface area (Å²) in [6.45, 7) is 4.49. The Kier molecular flexibility index (Phi) is 5.21. The maximum atomic E-state index is 13.6. The molecule has 0 spiro atoms. The molecule has 5 rings (SSSR count). The summed E-state index contributed by atoms with van der Waals surface area (Å²) < 4.78 is 25.1. The molecular formula is C27H22FNO4. The van der Waals surface area contributed by atoms with Crippen LogP contribution in [0.1, 0.15) is 45.8 Å². The molecule has 0 aliphatic carbocycles. The van der Waals surface area contributed by atoms with Crippen molar-refractivity contribution >= 4 is 16.9 Å². The third-order valence-corrected chi connectivity index (χ3v) is 5.87. The van der Waals surface area contributed by atoms with Crippen molar-refractivity contribution in [2.24, 2.45) is 0 Å². The van der Waals surface area contributed by atoms with E-state index in [0.29, 0.717) is 28.9 Å². The van der Waals surface area contributed by atoms with Crippen LogP contribution in [0.15, 0.2) is 75.9 Å². The van der Waals surface area contributed by atoms with Crippen LogP contribution >= 0.6 is 0 Å². The molecule has 166 valence electrons. The van der Waals surface area contributed by atoms with Gasteiger partial charge in [0, 0.05) is 6.54 Å². The van der Waals surface area contributed by atoms with Crippen LogP contribution in [0.2, 0.25) is 0 Å². The molecule has 1 atom stereocenters. The number of amides is 1. The van der Waals surface area contributed by atoms with Crippen molar-refractivity contribution in [2.45, 2.75) is 26.4 Å². The van der Waals surface area contributed by atoms with Gasteiger partial charge in [-0.25, -0.2) is 4.39 Å². The zero-order chi connectivity index (χ0) is 23.1. The third kappa shape index (κ3) is 3.67. The second-order valence-electron chi connectivity index (χ2n) is 8.14. The number of carbonyl (C=O) groups is 1. The van der Waals surface area contributed by atoms with Crippen LogP contribution in [0, 0.1) is 12.7 Å². The molecule has 33 heavy (non-hydrogen) atoms. The Morgan fingerprint density at radius 1 is 1.03 bits per heavy atom. The van der Waals surface area contributed by atoms with Crippen LogP contribution in [0.4, 0.5) is 4.39 Å². The molecule has 0 N–H and O–H groups in total. The standard InChI is InChI=1S/C27H22FNO4/c1-3-32-20-6-4-5-18(14-20)24-23-25(30)21-13-16(2)7-12-22(21)33-26(23)27(31)29(24)15-17-8-10-19(28)11-9-17/h4-14,24H,3,15H2,1-2H3. The molecule has 1 unspecified atom stereocenters. The monoisotopic (exact) mass is 443 g/mol. The van der Waals surface area contributed by atoms with Gasteiger partial charge < -0.3 is 14.1 Å². The van der Waals surface area contributed by atoms with Gasteiger partial charge in [-0.15, -0.1) is 0 Å². The van der Waals surface area contributed by atoms with Crippen LogP contribution in [0.5, 0.6) is 5.75 Å². The SMILES string of the molecule is CCOc1cccc(C2c3c(oc4ccc(C)cc4c3=O)C(=O)N2Cc2ccc(F)cc2)c1. The molecule has 5 nitrogen and oxygen atoms in total. The van der Waals surface area contributed by atoms with E-state index in [2.05, 4.69) is 0 Å². The fraction of sp³-hybridized carbons (Fsp3) is 0.185. The summed E-state index contributed by atoms with van der Waals surface area (Å²) in [5.74, 6) is -0.0288. The van der Waals surface area contributed by atoms with Crippen molar-refractivity contribution in [1.82, 2.24) is 4.90 Å².